The van der Waals surface area contributed by atoms with Crippen LogP contribution >= 0.6 is 23.1 Å². The molecule has 168 valence electrons. The fraction of sp³-hybridized carbons (Fsp3) is 0.400. The van der Waals surface area contributed by atoms with E-state index in [1.54, 1.807) is 6.92 Å². The molecule has 2 aromatic rings. The number of hydrogen-bond acceptors (Lipinski definition) is 9. The zero-order valence-corrected chi connectivity index (χ0v) is 18.9. The molecule has 1 spiro atoms. The number of aromatic nitrogens is 2. The smallest absolute Gasteiger partial charge is 0.325 e. The van der Waals surface area contributed by atoms with Crippen LogP contribution in [0.4, 0.5) is 9.93 Å². The molecule has 10 nitrogen and oxygen atoms in total. The van der Waals surface area contributed by atoms with Gasteiger partial charge in [-0.1, -0.05) is 47.4 Å². The van der Waals surface area contributed by atoms with E-state index < -0.39 is 29.9 Å². The molecule has 1 aliphatic heterocycles. The minimum absolute atomic E-state index is 0.0857. The fourth-order valence-electron chi connectivity index (χ4n) is 3.90. The maximum absolute atomic E-state index is 13.2. The summed E-state index contributed by atoms with van der Waals surface area (Å²) in [5.41, 5.74) is 0.701. The second kappa shape index (κ2) is 9.25. The molecule has 0 unspecified atom stereocenters. The molecule has 32 heavy (non-hydrogen) atoms. The largest absolute Gasteiger partial charge is 0.465 e. The van der Waals surface area contributed by atoms with Gasteiger partial charge in [0.15, 0.2) is 4.34 Å². The van der Waals surface area contributed by atoms with Gasteiger partial charge in [-0.15, -0.1) is 10.2 Å². The van der Waals surface area contributed by atoms with Crippen molar-refractivity contribution in [3.63, 3.8) is 0 Å². The van der Waals surface area contributed by atoms with Crippen molar-refractivity contribution in [2.75, 3.05) is 24.2 Å². The number of imide groups is 1. The van der Waals surface area contributed by atoms with Gasteiger partial charge in [-0.3, -0.25) is 24.6 Å². The number of aryl methyl sites for hydroxylation is 1. The lowest BCUT2D eigenvalue weighted by Gasteiger charge is -2.33. The van der Waals surface area contributed by atoms with Gasteiger partial charge in [-0.25, -0.2) is 4.79 Å². The number of benzene rings is 1. The summed E-state index contributed by atoms with van der Waals surface area (Å²) in [6.45, 7) is 1.59. The van der Waals surface area contributed by atoms with Crippen LogP contribution in [0.1, 0.15) is 30.9 Å². The lowest BCUT2D eigenvalue weighted by Crippen LogP contribution is -2.47. The maximum Gasteiger partial charge on any atom is 0.325 e. The highest BCUT2D eigenvalue weighted by Crippen LogP contribution is 2.39. The predicted molar refractivity (Wildman–Crippen MR) is 117 cm³/mol. The SMILES string of the molecule is CCOC(=O)CSc1nnc(NC(=O)CN2C(=O)N[C@]3(CCCc4ccccc43)C2=O)s1. The summed E-state index contributed by atoms with van der Waals surface area (Å²) in [5.74, 6) is -1.27. The van der Waals surface area contributed by atoms with Gasteiger partial charge in [0.1, 0.15) is 12.1 Å². The first kappa shape index (κ1) is 22.2. The lowest BCUT2D eigenvalue weighted by molar-refractivity contribution is -0.139. The van der Waals surface area contributed by atoms with Crippen molar-refractivity contribution in [2.45, 2.75) is 36.1 Å². The fourth-order valence-corrected chi connectivity index (χ4v) is 5.47. The number of esters is 1. The third kappa shape index (κ3) is 4.32. The predicted octanol–water partition coefficient (Wildman–Crippen LogP) is 1.92. The summed E-state index contributed by atoms with van der Waals surface area (Å²) >= 11 is 2.24. The van der Waals surface area contributed by atoms with Gasteiger partial charge < -0.3 is 10.1 Å². The Balaban J connectivity index is 1.39. The number of fused-ring (bicyclic) bond motifs is 2. The molecule has 2 aliphatic rings. The molecule has 0 saturated carbocycles. The van der Waals surface area contributed by atoms with E-state index in [1.165, 1.54) is 0 Å². The second-order valence-corrected chi connectivity index (χ2v) is 9.45. The summed E-state index contributed by atoms with van der Waals surface area (Å²) in [7, 11) is 0. The molecule has 1 aliphatic carbocycles. The van der Waals surface area contributed by atoms with Gasteiger partial charge in [-0.2, -0.15) is 0 Å². The second-order valence-electron chi connectivity index (χ2n) is 7.25. The van der Waals surface area contributed by atoms with E-state index in [4.69, 9.17) is 4.74 Å². The van der Waals surface area contributed by atoms with Gasteiger partial charge in [-0.05, 0) is 37.3 Å². The summed E-state index contributed by atoms with van der Waals surface area (Å²) in [6.07, 6.45) is 2.10. The molecule has 1 atom stereocenters. The Labute approximate surface area is 192 Å². The van der Waals surface area contributed by atoms with Crippen molar-refractivity contribution in [1.29, 1.82) is 0 Å². The lowest BCUT2D eigenvalue weighted by atomic mass is 9.76. The van der Waals surface area contributed by atoms with Gasteiger partial charge in [0, 0.05) is 0 Å². The van der Waals surface area contributed by atoms with E-state index in [2.05, 4.69) is 20.8 Å². The Bertz CT molecular complexity index is 1070. The summed E-state index contributed by atoms with van der Waals surface area (Å²) < 4.78 is 5.34. The minimum Gasteiger partial charge on any atom is -0.465 e. The van der Waals surface area contributed by atoms with E-state index in [0.29, 0.717) is 17.4 Å². The normalized spacial score (nSPS) is 19.6. The first-order chi connectivity index (χ1) is 15.4. The molecule has 0 radical (unpaired) electrons. The Morgan fingerprint density at radius 3 is 2.94 bits per heavy atom. The molecule has 1 aromatic heterocycles. The van der Waals surface area contributed by atoms with Crippen LogP contribution < -0.4 is 10.6 Å². The molecule has 4 amide bonds. The zero-order valence-electron chi connectivity index (χ0n) is 17.3. The van der Waals surface area contributed by atoms with Crippen LogP contribution in [0.2, 0.25) is 0 Å². The highest BCUT2D eigenvalue weighted by molar-refractivity contribution is 8.01. The minimum atomic E-state index is -1.12. The zero-order chi connectivity index (χ0) is 22.7. The molecule has 1 fully saturated rings. The Hall–Kier alpha value is -2.99. The molecule has 1 aromatic carbocycles. The highest BCUT2D eigenvalue weighted by Gasteiger charge is 2.54. The van der Waals surface area contributed by atoms with Crippen molar-refractivity contribution < 1.29 is 23.9 Å². The van der Waals surface area contributed by atoms with Crippen molar-refractivity contribution in [2.24, 2.45) is 0 Å². The van der Waals surface area contributed by atoms with E-state index in [1.807, 2.05) is 24.3 Å². The number of carbonyl (C=O) groups is 4. The van der Waals surface area contributed by atoms with Crippen LogP contribution in [-0.2, 0) is 31.1 Å². The molecular weight excluding hydrogens is 454 g/mol. The number of ether oxygens (including phenoxy) is 1. The number of hydrogen-bond donors (Lipinski definition) is 2. The molecule has 0 bridgehead atoms. The van der Waals surface area contributed by atoms with Crippen LogP contribution in [0.5, 0.6) is 0 Å². The molecule has 2 heterocycles. The number of rotatable bonds is 7. The Morgan fingerprint density at radius 2 is 2.12 bits per heavy atom. The van der Waals surface area contributed by atoms with Gasteiger partial charge >= 0.3 is 12.0 Å². The van der Waals surface area contributed by atoms with Crippen LogP contribution in [0.3, 0.4) is 0 Å². The van der Waals surface area contributed by atoms with E-state index in [9.17, 15) is 19.2 Å². The first-order valence-electron chi connectivity index (χ1n) is 10.1. The van der Waals surface area contributed by atoms with Crippen LogP contribution in [0, 0.1) is 0 Å². The van der Waals surface area contributed by atoms with Gasteiger partial charge in [0.05, 0.1) is 12.4 Å². The Kier molecular flexibility index (Phi) is 6.42. The van der Waals surface area contributed by atoms with Crippen LogP contribution in [0.25, 0.3) is 0 Å². The standard InChI is InChI=1S/C20H21N5O5S2/c1-2-30-15(27)11-31-19-24-23-17(32-19)21-14(26)10-25-16(28)20(22-18(25)29)9-5-7-12-6-3-4-8-13(12)20/h3-4,6,8H,2,5,7,9-11H2,1H3,(H,22,29)(H,21,23,26)/t20-/m0/s1. The number of anilines is 1. The monoisotopic (exact) mass is 475 g/mol. The number of urea groups is 1. The van der Waals surface area contributed by atoms with Gasteiger partial charge in [0.2, 0.25) is 11.0 Å². The van der Waals surface area contributed by atoms with Crippen molar-refractivity contribution >= 4 is 52.0 Å². The average molecular weight is 476 g/mol. The van der Waals surface area contributed by atoms with Crippen molar-refractivity contribution in [1.82, 2.24) is 20.4 Å². The third-order valence-electron chi connectivity index (χ3n) is 5.22. The number of thioether (sulfide) groups is 1. The quantitative estimate of drug-likeness (QED) is 0.269. The van der Waals surface area contributed by atoms with E-state index in [-0.39, 0.29) is 16.9 Å². The maximum atomic E-state index is 13.2. The molecular formula is C20H21N5O5S2. The van der Waals surface area contributed by atoms with Gasteiger partial charge in [0.25, 0.3) is 5.91 Å². The average Bonchev–Trinajstić information content (AvgIpc) is 3.31. The van der Waals surface area contributed by atoms with Crippen molar-refractivity contribution in [3.05, 3.63) is 35.4 Å². The van der Waals surface area contributed by atoms with Crippen LogP contribution in [0.15, 0.2) is 28.6 Å². The number of amides is 4. The Morgan fingerprint density at radius 1 is 1.31 bits per heavy atom. The summed E-state index contributed by atoms with van der Waals surface area (Å²) in [4.78, 5) is 50.7. The molecule has 4 rings (SSSR count). The van der Waals surface area contributed by atoms with E-state index in [0.717, 1.165) is 52.0 Å². The molecule has 12 heteroatoms. The topological polar surface area (TPSA) is 131 Å². The third-order valence-corrected chi connectivity index (χ3v) is 7.17. The molecule has 2 N–H and O–H groups in total. The summed E-state index contributed by atoms with van der Waals surface area (Å²) in [5, 5.41) is 13.4. The highest BCUT2D eigenvalue weighted by atomic mass is 32.2. The number of nitrogens with one attached hydrogen (secondary N) is 2. The first-order valence-corrected chi connectivity index (χ1v) is 11.9. The number of nitrogens with zero attached hydrogens (tertiary/aromatic N) is 3. The molecule has 1 saturated heterocycles. The number of carbonyl (C=O) groups excluding carboxylic acids is 4. The summed E-state index contributed by atoms with van der Waals surface area (Å²) in [6, 6.07) is 6.97. The van der Waals surface area contributed by atoms with Crippen molar-refractivity contribution in [3.8, 4) is 0 Å². The van der Waals surface area contributed by atoms with E-state index >= 15 is 0 Å². The van der Waals surface area contributed by atoms with Crippen LogP contribution in [-0.4, -0.2) is 57.8 Å².